The lowest BCUT2D eigenvalue weighted by molar-refractivity contribution is -0.112. The van der Waals surface area contributed by atoms with Crippen molar-refractivity contribution in [2.24, 2.45) is 10.7 Å². The molecule has 0 spiro atoms. The summed E-state index contributed by atoms with van der Waals surface area (Å²) in [5, 5.41) is 0. The van der Waals surface area contributed by atoms with Gasteiger partial charge in [0.15, 0.2) is 0 Å². The van der Waals surface area contributed by atoms with E-state index >= 15 is 0 Å². The van der Waals surface area contributed by atoms with Crippen molar-refractivity contribution in [3.8, 4) is 0 Å². The van der Waals surface area contributed by atoms with E-state index in [2.05, 4.69) is 4.99 Å². The number of carbonyl (C=O) groups excluding carboxylic acids is 1. The molecule has 0 fully saturated rings. The summed E-state index contributed by atoms with van der Waals surface area (Å²) >= 11 is 0. The molecule has 9 heavy (non-hydrogen) atoms. The number of hydrogen-bond donors (Lipinski definition) is 1. The van der Waals surface area contributed by atoms with Gasteiger partial charge < -0.3 is 5.73 Å². The van der Waals surface area contributed by atoms with E-state index in [1.165, 1.54) is 0 Å². The number of primary amides is 1. The standard InChI is InChI=1S/C6H10N2O/c7-6(9)5-3-1-2-4-8-5/h1-4H2,(H2,7,9). The van der Waals surface area contributed by atoms with Crippen molar-refractivity contribution in [2.75, 3.05) is 6.54 Å². The molecule has 3 nitrogen and oxygen atoms in total. The van der Waals surface area contributed by atoms with E-state index in [9.17, 15) is 4.79 Å². The van der Waals surface area contributed by atoms with Crippen LogP contribution in [-0.4, -0.2) is 18.2 Å². The van der Waals surface area contributed by atoms with Crippen LogP contribution in [0.2, 0.25) is 0 Å². The van der Waals surface area contributed by atoms with Gasteiger partial charge in [-0.1, -0.05) is 0 Å². The number of rotatable bonds is 1. The summed E-state index contributed by atoms with van der Waals surface area (Å²) in [7, 11) is 0. The number of nitrogens with two attached hydrogens (primary N) is 1. The zero-order valence-electron chi connectivity index (χ0n) is 5.26. The summed E-state index contributed by atoms with van der Waals surface area (Å²) in [6.45, 7) is 0.776. The lowest BCUT2D eigenvalue weighted by Crippen LogP contribution is -2.25. The minimum atomic E-state index is -0.352. The van der Waals surface area contributed by atoms with Crippen molar-refractivity contribution >= 4 is 11.6 Å². The fourth-order valence-corrected chi connectivity index (χ4v) is 0.898. The van der Waals surface area contributed by atoms with Crippen molar-refractivity contribution in [1.82, 2.24) is 0 Å². The monoisotopic (exact) mass is 126 g/mol. The van der Waals surface area contributed by atoms with Gasteiger partial charge in [0.1, 0.15) is 0 Å². The summed E-state index contributed by atoms with van der Waals surface area (Å²) in [5.74, 6) is -0.352. The Morgan fingerprint density at radius 1 is 1.56 bits per heavy atom. The largest absolute Gasteiger partial charge is 0.365 e. The Labute approximate surface area is 54.0 Å². The molecule has 50 valence electrons. The highest BCUT2D eigenvalue weighted by atomic mass is 16.1. The first-order valence-corrected chi connectivity index (χ1v) is 3.14. The third kappa shape index (κ3) is 1.52. The molecule has 1 aliphatic heterocycles. The summed E-state index contributed by atoms with van der Waals surface area (Å²) in [4.78, 5) is 14.4. The number of carbonyl (C=O) groups is 1. The molecule has 0 unspecified atom stereocenters. The predicted octanol–water partition coefficient (Wildman–Crippen LogP) is 0.0966. The molecule has 1 aliphatic rings. The maximum absolute atomic E-state index is 10.4. The van der Waals surface area contributed by atoms with E-state index in [0.717, 1.165) is 25.8 Å². The lowest BCUT2D eigenvalue weighted by Gasteiger charge is -2.06. The van der Waals surface area contributed by atoms with Gasteiger partial charge in [0.05, 0.1) is 5.71 Å². The first-order valence-electron chi connectivity index (χ1n) is 3.14. The summed E-state index contributed by atoms with van der Waals surface area (Å²) < 4.78 is 0. The lowest BCUT2D eigenvalue weighted by atomic mass is 10.1. The molecule has 0 bridgehead atoms. The summed E-state index contributed by atoms with van der Waals surface area (Å²) in [6.07, 6.45) is 2.92. The Bertz CT molecular complexity index is 151. The average Bonchev–Trinajstić information content (AvgIpc) is 1.90. The zero-order chi connectivity index (χ0) is 6.69. The van der Waals surface area contributed by atoms with Crippen molar-refractivity contribution < 1.29 is 4.79 Å². The number of amides is 1. The average molecular weight is 126 g/mol. The third-order valence-corrected chi connectivity index (χ3v) is 1.41. The maximum Gasteiger partial charge on any atom is 0.262 e. The molecular formula is C6H10N2O. The second-order valence-corrected chi connectivity index (χ2v) is 2.15. The van der Waals surface area contributed by atoms with Crippen LogP contribution in [0.1, 0.15) is 19.3 Å². The second kappa shape index (κ2) is 2.62. The number of nitrogens with zero attached hydrogens (tertiary/aromatic N) is 1. The van der Waals surface area contributed by atoms with Gasteiger partial charge in [0.2, 0.25) is 0 Å². The first kappa shape index (κ1) is 6.26. The van der Waals surface area contributed by atoms with Crippen LogP contribution in [0.15, 0.2) is 4.99 Å². The van der Waals surface area contributed by atoms with Crippen molar-refractivity contribution in [2.45, 2.75) is 19.3 Å². The first-order chi connectivity index (χ1) is 4.30. The Morgan fingerprint density at radius 3 is 2.67 bits per heavy atom. The normalized spacial score (nSPS) is 18.9. The number of hydrogen-bond acceptors (Lipinski definition) is 2. The fraction of sp³-hybridized carbons (Fsp3) is 0.667. The molecule has 0 saturated carbocycles. The van der Waals surface area contributed by atoms with E-state index < -0.39 is 0 Å². The van der Waals surface area contributed by atoms with Gasteiger partial charge in [-0.05, 0) is 19.3 Å². The van der Waals surface area contributed by atoms with Gasteiger partial charge in [-0.25, -0.2) is 0 Å². The van der Waals surface area contributed by atoms with Crippen LogP contribution < -0.4 is 5.73 Å². The van der Waals surface area contributed by atoms with Crippen molar-refractivity contribution in [1.29, 1.82) is 0 Å². The molecule has 0 radical (unpaired) electrons. The van der Waals surface area contributed by atoms with E-state index in [0.29, 0.717) is 5.71 Å². The van der Waals surface area contributed by atoms with Gasteiger partial charge in [-0.3, -0.25) is 9.79 Å². The Hall–Kier alpha value is -0.860. The van der Waals surface area contributed by atoms with Crippen LogP contribution in [0.5, 0.6) is 0 Å². The highest BCUT2D eigenvalue weighted by Crippen LogP contribution is 2.04. The summed E-state index contributed by atoms with van der Waals surface area (Å²) in [6, 6.07) is 0. The van der Waals surface area contributed by atoms with Gasteiger partial charge in [0, 0.05) is 6.54 Å². The van der Waals surface area contributed by atoms with Crippen molar-refractivity contribution in [3.05, 3.63) is 0 Å². The minimum Gasteiger partial charge on any atom is -0.365 e. The van der Waals surface area contributed by atoms with Gasteiger partial charge in [0.25, 0.3) is 5.91 Å². The Balaban J connectivity index is 2.57. The predicted molar refractivity (Wildman–Crippen MR) is 35.3 cm³/mol. The molecular weight excluding hydrogens is 116 g/mol. The summed E-state index contributed by atoms with van der Waals surface area (Å²) in [5.41, 5.74) is 5.57. The van der Waals surface area contributed by atoms with Crippen LogP contribution >= 0.6 is 0 Å². The second-order valence-electron chi connectivity index (χ2n) is 2.15. The SMILES string of the molecule is NC(=O)C1=NCCCC1. The van der Waals surface area contributed by atoms with Gasteiger partial charge in [-0.15, -0.1) is 0 Å². The third-order valence-electron chi connectivity index (χ3n) is 1.41. The van der Waals surface area contributed by atoms with Gasteiger partial charge >= 0.3 is 0 Å². The molecule has 0 atom stereocenters. The van der Waals surface area contributed by atoms with Crippen molar-refractivity contribution in [3.63, 3.8) is 0 Å². The maximum atomic E-state index is 10.4. The van der Waals surface area contributed by atoms with E-state index in [1.807, 2.05) is 0 Å². The molecule has 0 aromatic rings. The van der Waals surface area contributed by atoms with Crippen LogP contribution in [0, 0.1) is 0 Å². The molecule has 0 aromatic carbocycles. The highest BCUT2D eigenvalue weighted by molar-refractivity contribution is 6.38. The van der Waals surface area contributed by atoms with E-state index in [1.54, 1.807) is 0 Å². The number of aliphatic imine (C=N–C) groups is 1. The molecule has 3 heteroatoms. The van der Waals surface area contributed by atoms with Crippen LogP contribution in [-0.2, 0) is 4.79 Å². The van der Waals surface area contributed by atoms with Gasteiger partial charge in [-0.2, -0.15) is 0 Å². The molecule has 1 amide bonds. The smallest absolute Gasteiger partial charge is 0.262 e. The molecule has 0 aliphatic carbocycles. The highest BCUT2D eigenvalue weighted by Gasteiger charge is 2.08. The van der Waals surface area contributed by atoms with E-state index in [4.69, 9.17) is 5.73 Å². The van der Waals surface area contributed by atoms with Crippen LogP contribution in [0.4, 0.5) is 0 Å². The molecule has 1 heterocycles. The topological polar surface area (TPSA) is 55.5 Å². The fourth-order valence-electron chi connectivity index (χ4n) is 0.898. The molecule has 1 rings (SSSR count). The Morgan fingerprint density at radius 2 is 2.33 bits per heavy atom. The molecule has 0 aromatic heterocycles. The zero-order valence-corrected chi connectivity index (χ0v) is 5.26. The quantitative estimate of drug-likeness (QED) is 0.532. The Kier molecular flexibility index (Phi) is 1.82. The minimum absolute atomic E-state index is 0.352. The van der Waals surface area contributed by atoms with Crippen LogP contribution in [0.25, 0.3) is 0 Å². The molecule has 2 N–H and O–H groups in total. The van der Waals surface area contributed by atoms with Crippen LogP contribution in [0.3, 0.4) is 0 Å². The molecule has 0 saturated heterocycles. The van der Waals surface area contributed by atoms with E-state index in [-0.39, 0.29) is 5.91 Å².